The van der Waals surface area contributed by atoms with Crippen molar-refractivity contribution in [2.75, 3.05) is 0 Å². The van der Waals surface area contributed by atoms with Crippen LogP contribution in [0.2, 0.25) is 0 Å². The lowest BCUT2D eigenvalue weighted by Gasteiger charge is -2.25. The lowest BCUT2D eigenvalue weighted by molar-refractivity contribution is 0.660. The van der Waals surface area contributed by atoms with Gasteiger partial charge >= 0.3 is 0 Å². The summed E-state index contributed by atoms with van der Waals surface area (Å²) in [5.74, 6) is 0. The molecule has 0 radical (unpaired) electrons. The fraction of sp³-hybridized carbons (Fsp3) is 0.143. The minimum absolute atomic E-state index is 0.0813. The fourth-order valence-corrected chi connectivity index (χ4v) is 12.4. The Bertz CT molecular complexity index is 3640. The summed E-state index contributed by atoms with van der Waals surface area (Å²) >= 11 is 0. The molecule has 0 unspecified atom stereocenters. The van der Waals surface area contributed by atoms with Gasteiger partial charge in [-0.25, -0.2) is 0 Å². The second kappa shape index (κ2) is 12.6. The largest absolute Gasteiger partial charge is 0.0619 e. The van der Waals surface area contributed by atoms with Crippen LogP contribution in [0.5, 0.6) is 0 Å². The third-order valence-electron chi connectivity index (χ3n) is 15.7. The Labute approximate surface area is 370 Å². The van der Waals surface area contributed by atoms with Gasteiger partial charge in [-0.05, 0) is 163 Å². The van der Waals surface area contributed by atoms with Crippen LogP contribution >= 0.6 is 0 Å². The first-order valence-corrected chi connectivity index (χ1v) is 22.7. The molecule has 0 fully saturated rings. The van der Waals surface area contributed by atoms with Gasteiger partial charge in [0.1, 0.15) is 0 Å². The van der Waals surface area contributed by atoms with Gasteiger partial charge in [0.15, 0.2) is 0 Å². The molecule has 0 spiro atoms. The molecule has 63 heavy (non-hydrogen) atoms. The summed E-state index contributed by atoms with van der Waals surface area (Å²) in [6.07, 6.45) is 0. The Kier molecular flexibility index (Phi) is 7.29. The van der Waals surface area contributed by atoms with E-state index in [0.717, 1.165) is 0 Å². The van der Waals surface area contributed by atoms with E-state index in [-0.39, 0.29) is 16.2 Å². The summed E-state index contributed by atoms with van der Waals surface area (Å²) in [6, 6.07) is 69.9. The van der Waals surface area contributed by atoms with Crippen LogP contribution in [0.3, 0.4) is 0 Å². The summed E-state index contributed by atoms with van der Waals surface area (Å²) in [5, 5.41) is 7.70. The predicted octanol–water partition coefficient (Wildman–Crippen LogP) is 17.1. The second-order valence-corrected chi connectivity index (χ2v) is 20.0. The Balaban J connectivity index is 1.16. The van der Waals surface area contributed by atoms with Gasteiger partial charge in [0.05, 0.1) is 0 Å². The molecule has 3 aliphatic rings. The number of hydrogen-bond donors (Lipinski definition) is 0. The smallest absolute Gasteiger partial charge is 0.0159 e. The minimum Gasteiger partial charge on any atom is -0.0619 e. The van der Waals surface area contributed by atoms with Crippen LogP contribution < -0.4 is 0 Å². The van der Waals surface area contributed by atoms with Crippen molar-refractivity contribution >= 4 is 32.3 Å². The molecule has 10 aromatic rings. The van der Waals surface area contributed by atoms with Crippen LogP contribution in [0.1, 0.15) is 74.9 Å². The lowest BCUT2D eigenvalue weighted by Crippen LogP contribution is -2.15. The van der Waals surface area contributed by atoms with Crippen LogP contribution in [-0.2, 0) is 16.2 Å². The van der Waals surface area contributed by atoms with E-state index in [1.165, 1.54) is 132 Å². The van der Waals surface area contributed by atoms with Crippen molar-refractivity contribution in [3.8, 4) is 66.8 Å². The molecule has 0 nitrogen and oxygen atoms in total. The van der Waals surface area contributed by atoms with Crippen molar-refractivity contribution in [1.82, 2.24) is 0 Å². The first-order valence-electron chi connectivity index (χ1n) is 22.7. The van der Waals surface area contributed by atoms with E-state index in [1.807, 2.05) is 0 Å². The summed E-state index contributed by atoms with van der Waals surface area (Å²) in [7, 11) is 0. The highest BCUT2D eigenvalue weighted by Crippen LogP contribution is 2.56. The Morgan fingerprint density at radius 2 is 0.667 bits per heavy atom. The molecule has 0 aromatic heterocycles. The Hall–Kier alpha value is -7.02. The van der Waals surface area contributed by atoms with E-state index >= 15 is 0 Å². The number of hydrogen-bond acceptors (Lipinski definition) is 0. The Morgan fingerprint density at radius 3 is 1.32 bits per heavy atom. The molecule has 10 aromatic carbocycles. The average Bonchev–Trinajstić information content (AvgIpc) is 3.79. The second-order valence-electron chi connectivity index (χ2n) is 20.0. The van der Waals surface area contributed by atoms with E-state index in [2.05, 4.69) is 224 Å². The number of benzene rings is 10. The molecule has 0 saturated carbocycles. The zero-order chi connectivity index (χ0) is 42.6. The normalized spacial score (nSPS) is 15.5. The molecular formula is C63H48. The summed E-state index contributed by atoms with van der Waals surface area (Å²) in [6.45, 7) is 14.4. The minimum atomic E-state index is -0.148. The van der Waals surface area contributed by atoms with Gasteiger partial charge in [-0.2, -0.15) is 0 Å². The Morgan fingerprint density at radius 1 is 0.238 bits per heavy atom. The average molecular weight is 805 g/mol. The maximum Gasteiger partial charge on any atom is 0.0159 e. The lowest BCUT2D eigenvalue weighted by atomic mass is 9.78. The maximum absolute atomic E-state index is 2.58. The quantitative estimate of drug-likeness (QED) is 0.156. The van der Waals surface area contributed by atoms with Gasteiger partial charge < -0.3 is 0 Å². The van der Waals surface area contributed by atoms with Gasteiger partial charge in [-0.1, -0.05) is 193 Å². The predicted molar refractivity (Wildman–Crippen MR) is 268 cm³/mol. The van der Waals surface area contributed by atoms with Crippen molar-refractivity contribution in [1.29, 1.82) is 0 Å². The zero-order valence-corrected chi connectivity index (χ0v) is 36.8. The highest BCUT2D eigenvalue weighted by molar-refractivity contribution is 6.25. The SMILES string of the molecule is CC1(C)c2ccccc2-c2ccc(-c3ccc4c(-c5ccc6c(c5)C(C)(C)c5ccccc5-6)c5cc6c(cc5c(-c5cccc7ccccc57)c4c3)C(C)(C)c3ccccc3-6)cc21. The molecule has 0 heterocycles. The van der Waals surface area contributed by atoms with Crippen molar-refractivity contribution in [3.05, 3.63) is 215 Å². The summed E-state index contributed by atoms with van der Waals surface area (Å²) in [5.41, 5.74) is 23.8. The van der Waals surface area contributed by atoms with Crippen LogP contribution in [0.25, 0.3) is 99.1 Å². The number of rotatable bonds is 3. The van der Waals surface area contributed by atoms with E-state index in [0.29, 0.717) is 0 Å². The molecule has 0 N–H and O–H groups in total. The monoisotopic (exact) mass is 804 g/mol. The van der Waals surface area contributed by atoms with Gasteiger partial charge in [-0.3, -0.25) is 0 Å². The standard InChI is InChI=1S/C63H48/c1-61(2)53-23-12-9-19-42(53)45-29-26-39(33-56(45)61)38-27-31-48-50(32-38)60(47-22-15-17-37-16-7-8-18-41(37)47)52-36-58-49(44-21-11-14-25-55(44)63(58,5)6)35-51(52)59(48)40-28-30-46-43-20-10-13-24-54(43)62(3,4)57(46)34-40/h7-36H,1-6H3. The van der Waals surface area contributed by atoms with E-state index in [1.54, 1.807) is 0 Å². The summed E-state index contributed by atoms with van der Waals surface area (Å²) < 4.78 is 0. The molecule has 3 aliphatic carbocycles. The van der Waals surface area contributed by atoms with E-state index in [9.17, 15) is 0 Å². The zero-order valence-electron chi connectivity index (χ0n) is 36.8. The first-order chi connectivity index (χ1) is 30.5. The summed E-state index contributed by atoms with van der Waals surface area (Å²) in [4.78, 5) is 0. The third-order valence-corrected chi connectivity index (χ3v) is 15.7. The maximum atomic E-state index is 2.58. The van der Waals surface area contributed by atoms with Gasteiger partial charge in [0.2, 0.25) is 0 Å². The molecule has 300 valence electrons. The highest BCUT2D eigenvalue weighted by Gasteiger charge is 2.39. The molecule has 13 rings (SSSR count). The van der Waals surface area contributed by atoms with Crippen LogP contribution in [0.15, 0.2) is 182 Å². The molecule has 0 bridgehead atoms. The van der Waals surface area contributed by atoms with E-state index < -0.39 is 0 Å². The molecule has 0 saturated heterocycles. The highest BCUT2D eigenvalue weighted by atomic mass is 14.4. The van der Waals surface area contributed by atoms with Crippen LogP contribution in [-0.4, -0.2) is 0 Å². The molecule has 0 amide bonds. The molecule has 0 atom stereocenters. The van der Waals surface area contributed by atoms with Gasteiger partial charge in [0, 0.05) is 16.2 Å². The van der Waals surface area contributed by atoms with Crippen molar-refractivity contribution in [2.45, 2.75) is 57.8 Å². The molecule has 0 heteroatoms. The van der Waals surface area contributed by atoms with Crippen molar-refractivity contribution < 1.29 is 0 Å². The topological polar surface area (TPSA) is 0 Å². The van der Waals surface area contributed by atoms with E-state index in [4.69, 9.17) is 0 Å². The van der Waals surface area contributed by atoms with Crippen LogP contribution in [0.4, 0.5) is 0 Å². The van der Waals surface area contributed by atoms with Gasteiger partial charge in [0.25, 0.3) is 0 Å². The fourth-order valence-electron chi connectivity index (χ4n) is 12.4. The third kappa shape index (κ3) is 4.87. The molecular weight excluding hydrogens is 757 g/mol. The number of fused-ring (bicyclic) bond motifs is 12. The van der Waals surface area contributed by atoms with Crippen molar-refractivity contribution in [3.63, 3.8) is 0 Å². The molecule has 0 aliphatic heterocycles. The van der Waals surface area contributed by atoms with Crippen molar-refractivity contribution in [2.24, 2.45) is 0 Å². The van der Waals surface area contributed by atoms with Crippen LogP contribution in [0, 0.1) is 0 Å². The van der Waals surface area contributed by atoms with Gasteiger partial charge in [-0.15, -0.1) is 0 Å². The first kappa shape index (κ1) is 36.6.